The maximum absolute atomic E-state index is 14.4. The molecule has 2 aromatic rings. The lowest BCUT2D eigenvalue weighted by atomic mass is 9.99. The fourth-order valence-electron chi connectivity index (χ4n) is 2.50. The molecule has 0 radical (unpaired) electrons. The van der Waals surface area contributed by atoms with Gasteiger partial charge in [-0.1, -0.05) is 25.1 Å². The van der Waals surface area contributed by atoms with E-state index in [4.69, 9.17) is 4.74 Å². The first kappa shape index (κ1) is 16.0. The van der Waals surface area contributed by atoms with E-state index in [1.54, 1.807) is 17.4 Å². The normalized spacial score (nSPS) is 12.3. The highest BCUT2D eigenvalue weighted by atomic mass is 32.1. The SMILES string of the molecule is CCNC(CCCc1cccs1)c1cccc(OC)c1F. The molecule has 0 aliphatic carbocycles. The Bertz CT molecular complexity index is 542. The zero-order chi connectivity index (χ0) is 15.1. The van der Waals surface area contributed by atoms with Gasteiger partial charge in [0.05, 0.1) is 7.11 Å². The molecule has 1 aromatic heterocycles. The molecule has 0 aliphatic rings. The topological polar surface area (TPSA) is 21.3 Å². The highest BCUT2D eigenvalue weighted by Crippen LogP contribution is 2.28. The molecule has 0 spiro atoms. The summed E-state index contributed by atoms with van der Waals surface area (Å²) in [5.74, 6) is 0.0655. The molecular weight excluding hydrogens is 285 g/mol. The second kappa shape index (κ2) is 8.15. The summed E-state index contributed by atoms with van der Waals surface area (Å²) in [6, 6.07) is 9.61. The first-order valence-electron chi connectivity index (χ1n) is 7.34. The van der Waals surface area contributed by atoms with Crippen LogP contribution in [0.25, 0.3) is 0 Å². The molecule has 0 fully saturated rings. The average Bonchev–Trinajstić information content (AvgIpc) is 3.00. The number of rotatable bonds is 8. The van der Waals surface area contributed by atoms with Gasteiger partial charge in [-0.3, -0.25) is 0 Å². The van der Waals surface area contributed by atoms with E-state index in [1.165, 1.54) is 12.0 Å². The van der Waals surface area contributed by atoms with Crippen molar-refractivity contribution in [1.82, 2.24) is 5.32 Å². The van der Waals surface area contributed by atoms with Crippen molar-refractivity contribution in [2.45, 2.75) is 32.2 Å². The van der Waals surface area contributed by atoms with Gasteiger partial charge in [0.1, 0.15) is 0 Å². The minimum Gasteiger partial charge on any atom is -0.494 e. The Labute approximate surface area is 130 Å². The summed E-state index contributed by atoms with van der Waals surface area (Å²) in [4.78, 5) is 1.39. The van der Waals surface area contributed by atoms with Crippen LogP contribution in [0.1, 0.15) is 36.2 Å². The molecule has 0 saturated carbocycles. The zero-order valence-electron chi connectivity index (χ0n) is 12.6. The number of methoxy groups -OCH3 is 1. The van der Waals surface area contributed by atoms with Crippen molar-refractivity contribution in [3.63, 3.8) is 0 Å². The van der Waals surface area contributed by atoms with Gasteiger partial charge in [-0.2, -0.15) is 0 Å². The van der Waals surface area contributed by atoms with Gasteiger partial charge < -0.3 is 10.1 Å². The van der Waals surface area contributed by atoms with E-state index >= 15 is 0 Å². The molecule has 0 saturated heterocycles. The molecule has 114 valence electrons. The molecule has 0 bridgehead atoms. The Hall–Kier alpha value is -1.39. The Morgan fingerprint density at radius 3 is 2.81 bits per heavy atom. The van der Waals surface area contributed by atoms with Crippen LogP contribution in [0.2, 0.25) is 0 Å². The van der Waals surface area contributed by atoms with Crippen molar-refractivity contribution < 1.29 is 9.13 Å². The highest BCUT2D eigenvalue weighted by molar-refractivity contribution is 7.09. The molecule has 1 unspecified atom stereocenters. The second-order valence-corrected chi connectivity index (χ2v) is 5.98. The zero-order valence-corrected chi connectivity index (χ0v) is 13.4. The molecule has 1 aromatic carbocycles. The molecule has 2 rings (SSSR count). The summed E-state index contributed by atoms with van der Waals surface area (Å²) in [6.07, 6.45) is 3.00. The van der Waals surface area contributed by atoms with Crippen molar-refractivity contribution in [2.75, 3.05) is 13.7 Å². The Morgan fingerprint density at radius 2 is 2.14 bits per heavy atom. The van der Waals surface area contributed by atoms with Gasteiger partial charge in [-0.15, -0.1) is 11.3 Å². The van der Waals surface area contributed by atoms with Crippen LogP contribution < -0.4 is 10.1 Å². The van der Waals surface area contributed by atoms with E-state index in [0.717, 1.165) is 25.8 Å². The summed E-state index contributed by atoms with van der Waals surface area (Å²) in [7, 11) is 1.50. The van der Waals surface area contributed by atoms with E-state index in [2.05, 4.69) is 22.8 Å². The summed E-state index contributed by atoms with van der Waals surface area (Å²) in [5.41, 5.74) is 0.697. The third-order valence-electron chi connectivity index (χ3n) is 3.54. The van der Waals surface area contributed by atoms with Gasteiger partial charge in [-0.05, 0) is 43.3 Å². The molecule has 0 amide bonds. The van der Waals surface area contributed by atoms with E-state index in [1.807, 2.05) is 19.1 Å². The highest BCUT2D eigenvalue weighted by Gasteiger charge is 2.17. The molecule has 2 nitrogen and oxygen atoms in total. The molecule has 0 aliphatic heterocycles. The lowest BCUT2D eigenvalue weighted by Gasteiger charge is -2.19. The number of hydrogen-bond acceptors (Lipinski definition) is 3. The number of nitrogens with one attached hydrogen (secondary N) is 1. The van der Waals surface area contributed by atoms with Crippen molar-refractivity contribution in [3.8, 4) is 5.75 Å². The van der Waals surface area contributed by atoms with Gasteiger partial charge in [0.25, 0.3) is 0 Å². The third-order valence-corrected chi connectivity index (χ3v) is 4.47. The maximum atomic E-state index is 14.4. The Balaban J connectivity index is 2.04. The van der Waals surface area contributed by atoms with Crippen LogP contribution in [0.4, 0.5) is 4.39 Å². The number of aryl methyl sites for hydroxylation is 1. The van der Waals surface area contributed by atoms with Crippen LogP contribution in [0.15, 0.2) is 35.7 Å². The predicted molar refractivity (Wildman–Crippen MR) is 86.6 cm³/mol. The summed E-state index contributed by atoms with van der Waals surface area (Å²) in [5, 5.41) is 5.48. The average molecular weight is 307 g/mol. The smallest absolute Gasteiger partial charge is 0.169 e. The van der Waals surface area contributed by atoms with Crippen LogP contribution in [0.3, 0.4) is 0 Å². The summed E-state index contributed by atoms with van der Waals surface area (Å²) < 4.78 is 19.5. The predicted octanol–water partition coefficient (Wildman–Crippen LogP) is 4.57. The maximum Gasteiger partial charge on any atom is 0.169 e. The lowest BCUT2D eigenvalue weighted by molar-refractivity contribution is 0.377. The number of thiophene rings is 1. The summed E-state index contributed by atoms with van der Waals surface area (Å²) >= 11 is 1.78. The number of hydrogen-bond donors (Lipinski definition) is 1. The Kier molecular flexibility index (Phi) is 6.21. The number of benzene rings is 1. The van der Waals surface area contributed by atoms with Crippen molar-refractivity contribution in [2.24, 2.45) is 0 Å². The fourth-order valence-corrected chi connectivity index (χ4v) is 3.25. The summed E-state index contributed by atoms with van der Waals surface area (Å²) in [6.45, 7) is 2.87. The second-order valence-electron chi connectivity index (χ2n) is 4.95. The van der Waals surface area contributed by atoms with Gasteiger partial charge in [-0.25, -0.2) is 4.39 Å². The molecular formula is C17H22FNOS. The van der Waals surface area contributed by atoms with E-state index in [0.29, 0.717) is 11.3 Å². The van der Waals surface area contributed by atoms with Crippen LogP contribution in [0, 0.1) is 5.82 Å². The van der Waals surface area contributed by atoms with Gasteiger partial charge >= 0.3 is 0 Å². The van der Waals surface area contributed by atoms with Gasteiger partial charge in [0, 0.05) is 16.5 Å². The number of halogens is 1. The van der Waals surface area contributed by atoms with Crippen LogP contribution >= 0.6 is 11.3 Å². The van der Waals surface area contributed by atoms with Crippen LogP contribution in [-0.4, -0.2) is 13.7 Å². The first-order valence-corrected chi connectivity index (χ1v) is 8.22. The van der Waals surface area contributed by atoms with E-state index in [-0.39, 0.29) is 11.9 Å². The Morgan fingerprint density at radius 1 is 1.29 bits per heavy atom. The van der Waals surface area contributed by atoms with Crippen molar-refractivity contribution in [1.29, 1.82) is 0 Å². The molecule has 4 heteroatoms. The fraction of sp³-hybridized carbons (Fsp3) is 0.412. The molecule has 21 heavy (non-hydrogen) atoms. The molecule has 1 heterocycles. The van der Waals surface area contributed by atoms with Gasteiger partial charge in [0.2, 0.25) is 0 Å². The van der Waals surface area contributed by atoms with E-state index in [9.17, 15) is 4.39 Å². The standard InChI is InChI=1S/C17H22FNOS/c1-3-19-15(10-4-7-13-8-6-12-21-13)14-9-5-11-16(20-2)17(14)18/h5-6,8-9,11-12,15,19H,3-4,7,10H2,1-2H3. The molecule has 1 atom stereocenters. The minimum absolute atomic E-state index is 0.0325. The van der Waals surface area contributed by atoms with Crippen molar-refractivity contribution in [3.05, 3.63) is 52.0 Å². The number of ether oxygens (including phenoxy) is 1. The van der Waals surface area contributed by atoms with Crippen molar-refractivity contribution >= 4 is 11.3 Å². The quantitative estimate of drug-likeness (QED) is 0.771. The van der Waals surface area contributed by atoms with E-state index < -0.39 is 0 Å². The largest absolute Gasteiger partial charge is 0.494 e. The third kappa shape index (κ3) is 4.29. The van der Waals surface area contributed by atoms with Crippen LogP contribution in [0.5, 0.6) is 5.75 Å². The first-order chi connectivity index (χ1) is 10.3. The van der Waals surface area contributed by atoms with Gasteiger partial charge in [0.15, 0.2) is 11.6 Å². The van der Waals surface area contributed by atoms with Crippen LogP contribution in [-0.2, 0) is 6.42 Å². The monoisotopic (exact) mass is 307 g/mol. The lowest BCUT2D eigenvalue weighted by Crippen LogP contribution is -2.22. The molecule has 1 N–H and O–H groups in total. The minimum atomic E-state index is -0.248.